The number of nitrogens with one attached hydrogen (secondary N) is 1. The largest absolute Gasteiger partial charge is 0.476 e. The molecule has 8 nitrogen and oxygen atoms in total. The van der Waals surface area contributed by atoms with E-state index in [1.165, 1.54) is 6.20 Å². The molecule has 29 heavy (non-hydrogen) atoms. The number of rotatable bonds is 6. The zero-order chi connectivity index (χ0) is 20.3. The average Bonchev–Trinajstić information content (AvgIpc) is 3.39. The van der Waals surface area contributed by atoms with Crippen LogP contribution in [0.1, 0.15) is 49.0 Å². The van der Waals surface area contributed by atoms with Crippen LogP contribution in [0.3, 0.4) is 0 Å². The highest BCUT2D eigenvalue weighted by Crippen LogP contribution is 2.36. The third-order valence-electron chi connectivity index (χ3n) is 6.03. The highest BCUT2D eigenvalue weighted by molar-refractivity contribution is 5.90. The molecular weight excluding hydrogens is 370 g/mol. The van der Waals surface area contributed by atoms with E-state index in [2.05, 4.69) is 15.6 Å². The van der Waals surface area contributed by atoms with Crippen molar-refractivity contribution in [2.75, 3.05) is 18.4 Å². The van der Waals surface area contributed by atoms with Crippen molar-refractivity contribution in [1.82, 2.24) is 19.9 Å². The molecule has 1 saturated carbocycles. The molecule has 0 bridgehead atoms. The Kier molecular flexibility index (Phi) is 5.51. The summed E-state index contributed by atoms with van der Waals surface area (Å²) in [6.45, 7) is 2.01. The first-order valence-corrected chi connectivity index (χ1v) is 10.3. The summed E-state index contributed by atoms with van der Waals surface area (Å²) in [5, 5.41) is 20.2. The standard InChI is InChI=1S/C21H27N5O3/c27-19(28)18-15-26(24-23-18)14-16-7-6-12-25(13-16)20(29)21(10-4-5-11-21)22-17-8-2-1-3-9-17/h1-3,8-9,15-16,22H,4-7,10-14H2,(H,27,28)/t16-/m1/s1. The third-order valence-corrected chi connectivity index (χ3v) is 6.03. The lowest BCUT2D eigenvalue weighted by Crippen LogP contribution is -2.55. The van der Waals surface area contributed by atoms with Crippen molar-refractivity contribution in [1.29, 1.82) is 0 Å². The maximum absolute atomic E-state index is 13.6. The number of carbonyl (C=O) groups is 2. The van der Waals surface area contributed by atoms with Crippen LogP contribution in [0.15, 0.2) is 36.5 Å². The first-order valence-electron chi connectivity index (χ1n) is 10.3. The van der Waals surface area contributed by atoms with Gasteiger partial charge in [-0.25, -0.2) is 4.79 Å². The van der Waals surface area contributed by atoms with Crippen molar-refractivity contribution in [3.63, 3.8) is 0 Å². The number of amides is 1. The number of piperidine rings is 1. The lowest BCUT2D eigenvalue weighted by Gasteiger charge is -2.40. The summed E-state index contributed by atoms with van der Waals surface area (Å²) >= 11 is 0. The van der Waals surface area contributed by atoms with Crippen LogP contribution in [0.2, 0.25) is 0 Å². The second kappa shape index (κ2) is 8.23. The highest BCUT2D eigenvalue weighted by atomic mass is 16.4. The molecule has 1 aliphatic heterocycles. The van der Waals surface area contributed by atoms with Gasteiger partial charge in [0.1, 0.15) is 5.54 Å². The van der Waals surface area contributed by atoms with Gasteiger partial charge in [0.15, 0.2) is 5.69 Å². The molecule has 2 aromatic rings. The van der Waals surface area contributed by atoms with E-state index in [0.717, 1.165) is 50.8 Å². The molecule has 2 aliphatic rings. The predicted molar refractivity (Wildman–Crippen MR) is 108 cm³/mol. The molecule has 2 N–H and O–H groups in total. The summed E-state index contributed by atoms with van der Waals surface area (Å²) in [4.78, 5) is 26.6. The van der Waals surface area contributed by atoms with Gasteiger partial charge in [0.25, 0.3) is 0 Å². The number of anilines is 1. The van der Waals surface area contributed by atoms with E-state index in [0.29, 0.717) is 13.1 Å². The maximum Gasteiger partial charge on any atom is 0.358 e. The van der Waals surface area contributed by atoms with E-state index in [-0.39, 0.29) is 17.5 Å². The summed E-state index contributed by atoms with van der Waals surface area (Å²) in [5.41, 5.74) is 0.415. The SMILES string of the molecule is O=C(O)c1cn(C[C@@H]2CCCN(C(=O)C3(Nc4ccccc4)CCCC3)C2)nn1. The molecule has 0 spiro atoms. The Bertz CT molecular complexity index is 860. The number of benzene rings is 1. The fraction of sp³-hybridized carbons (Fsp3) is 0.524. The van der Waals surface area contributed by atoms with Gasteiger partial charge >= 0.3 is 5.97 Å². The highest BCUT2D eigenvalue weighted by Gasteiger charge is 2.44. The zero-order valence-corrected chi connectivity index (χ0v) is 16.5. The smallest absolute Gasteiger partial charge is 0.358 e. The van der Waals surface area contributed by atoms with Gasteiger partial charge in [-0.15, -0.1) is 5.10 Å². The van der Waals surface area contributed by atoms with Crippen molar-refractivity contribution in [2.45, 2.75) is 50.6 Å². The molecule has 0 radical (unpaired) electrons. The molecule has 8 heteroatoms. The van der Waals surface area contributed by atoms with Gasteiger partial charge in [-0.05, 0) is 43.7 Å². The average molecular weight is 397 g/mol. The van der Waals surface area contributed by atoms with Gasteiger partial charge in [-0.3, -0.25) is 9.48 Å². The number of aromatic carboxylic acids is 1. The Labute approximate surface area is 169 Å². The van der Waals surface area contributed by atoms with E-state index < -0.39 is 11.5 Å². The number of aromatic nitrogens is 3. The molecule has 1 saturated heterocycles. The summed E-state index contributed by atoms with van der Waals surface area (Å²) in [7, 11) is 0. The normalized spacial score (nSPS) is 21.1. The summed E-state index contributed by atoms with van der Waals surface area (Å²) < 4.78 is 1.58. The topological polar surface area (TPSA) is 100 Å². The van der Waals surface area contributed by atoms with Crippen LogP contribution in [0.5, 0.6) is 0 Å². The van der Waals surface area contributed by atoms with E-state index >= 15 is 0 Å². The van der Waals surface area contributed by atoms with Crippen molar-refractivity contribution < 1.29 is 14.7 Å². The first-order chi connectivity index (χ1) is 14.1. The Morgan fingerprint density at radius 2 is 1.93 bits per heavy atom. The van der Waals surface area contributed by atoms with Crippen LogP contribution in [-0.4, -0.2) is 55.5 Å². The van der Waals surface area contributed by atoms with Crippen molar-refractivity contribution >= 4 is 17.6 Å². The van der Waals surface area contributed by atoms with Crippen molar-refractivity contribution in [2.24, 2.45) is 5.92 Å². The number of hydrogen-bond acceptors (Lipinski definition) is 5. The fourth-order valence-electron chi connectivity index (χ4n) is 4.62. The van der Waals surface area contributed by atoms with Gasteiger partial charge in [-0.2, -0.15) is 0 Å². The molecule has 1 aromatic heterocycles. The Morgan fingerprint density at radius 3 is 2.62 bits per heavy atom. The zero-order valence-electron chi connectivity index (χ0n) is 16.5. The maximum atomic E-state index is 13.6. The van der Waals surface area contributed by atoms with Gasteiger partial charge in [0, 0.05) is 25.3 Å². The fourth-order valence-corrected chi connectivity index (χ4v) is 4.62. The molecule has 1 aliphatic carbocycles. The monoisotopic (exact) mass is 397 g/mol. The Morgan fingerprint density at radius 1 is 1.17 bits per heavy atom. The van der Waals surface area contributed by atoms with Gasteiger partial charge in [0.05, 0.1) is 6.20 Å². The first kappa shape index (κ1) is 19.4. The Hall–Kier alpha value is -2.90. The molecule has 1 atom stereocenters. The Balaban J connectivity index is 1.44. The molecular formula is C21H27N5O3. The molecule has 4 rings (SSSR count). The lowest BCUT2D eigenvalue weighted by molar-refractivity contribution is -0.137. The number of hydrogen-bond donors (Lipinski definition) is 2. The second-order valence-corrected chi connectivity index (χ2v) is 8.17. The quantitative estimate of drug-likeness (QED) is 0.777. The number of carboxylic acid groups (broad SMARTS) is 1. The van der Waals surface area contributed by atoms with Crippen LogP contribution >= 0.6 is 0 Å². The van der Waals surface area contributed by atoms with E-state index in [1.807, 2.05) is 35.2 Å². The van der Waals surface area contributed by atoms with Crippen molar-refractivity contribution in [3.05, 3.63) is 42.2 Å². The minimum absolute atomic E-state index is 0.0503. The van der Waals surface area contributed by atoms with Crippen LogP contribution in [0.4, 0.5) is 5.69 Å². The van der Waals surface area contributed by atoms with E-state index in [1.54, 1.807) is 4.68 Å². The number of nitrogens with zero attached hydrogens (tertiary/aromatic N) is 4. The molecule has 1 amide bonds. The summed E-state index contributed by atoms with van der Waals surface area (Å²) in [6, 6.07) is 9.96. The lowest BCUT2D eigenvalue weighted by atomic mass is 9.91. The van der Waals surface area contributed by atoms with Crippen LogP contribution in [0, 0.1) is 5.92 Å². The number of carboxylic acids is 1. The second-order valence-electron chi connectivity index (χ2n) is 8.17. The molecule has 154 valence electrons. The third kappa shape index (κ3) is 4.26. The summed E-state index contributed by atoms with van der Waals surface area (Å²) in [5.74, 6) is -0.647. The molecule has 0 unspecified atom stereocenters. The number of para-hydroxylation sites is 1. The van der Waals surface area contributed by atoms with E-state index in [4.69, 9.17) is 5.11 Å². The number of carbonyl (C=O) groups excluding carboxylic acids is 1. The van der Waals surface area contributed by atoms with Crippen LogP contribution in [-0.2, 0) is 11.3 Å². The van der Waals surface area contributed by atoms with Gasteiger partial charge < -0.3 is 15.3 Å². The molecule has 2 fully saturated rings. The van der Waals surface area contributed by atoms with Gasteiger partial charge in [0.2, 0.25) is 5.91 Å². The minimum atomic E-state index is -1.08. The van der Waals surface area contributed by atoms with Crippen LogP contribution in [0.25, 0.3) is 0 Å². The predicted octanol–water partition coefficient (Wildman–Crippen LogP) is 2.64. The number of likely N-dealkylation sites (tertiary alicyclic amines) is 1. The van der Waals surface area contributed by atoms with Crippen molar-refractivity contribution in [3.8, 4) is 0 Å². The van der Waals surface area contributed by atoms with Gasteiger partial charge in [-0.1, -0.05) is 36.3 Å². The molecule has 2 heterocycles. The van der Waals surface area contributed by atoms with Crippen LogP contribution < -0.4 is 5.32 Å². The molecule has 1 aromatic carbocycles. The van der Waals surface area contributed by atoms with E-state index in [9.17, 15) is 9.59 Å². The minimum Gasteiger partial charge on any atom is -0.476 e. The summed E-state index contributed by atoms with van der Waals surface area (Å²) in [6.07, 6.45) is 7.21.